The minimum atomic E-state index is -0.588. The van der Waals surface area contributed by atoms with E-state index in [4.69, 9.17) is 25.8 Å². The molecule has 1 fully saturated rings. The van der Waals surface area contributed by atoms with Gasteiger partial charge in [-0.1, -0.05) is 37.4 Å². The molecule has 30 heavy (non-hydrogen) atoms. The molecule has 1 aliphatic rings. The summed E-state index contributed by atoms with van der Waals surface area (Å²) >= 11 is 6.37. The third-order valence-electron chi connectivity index (χ3n) is 5.27. The van der Waals surface area contributed by atoms with E-state index in [0.29, 0.717) is 16.7 Å². The second-order valence-electron chi connectivity index (χ2n) is 9.39. The third kappa shape index (κ3) is 7.50. The summed E-state index contributed by atoms with van der Waals surface area (Å²) in [6, 6.07) is 5.67. The standard InChI is InChI=1S/C24H35ClO5/c1-15-11-12-20(19(25)13-15)29-22(18-9-7-8-10-18)17(3)28-23(27)16(2)14-21(26)30-24(4,5)6/h11-13,16-18,22H,7-10,14H2,1-6H3/t16-,17+,22+/m1/s1. The van der Waals surface area contributed by atoms with Gasteiger partial charge < -0.3 is 14.2 Å². The number of carbonyl (C=O) groups excluding carboxylic acids is 2. The average molecular weight is 439 g/mol. The molecule has 0 amide bonds. The van der Waals surface area contributed by atoms with Crippen molar-refractivity contribution in [1.82, 2.24) is 0 Å². The molecule has 1 aliphatic carbocycles. The van der Waals surface area contributed by atoms with Crippen molar-refractivity contribution in [2.45, 2.75) is 91.5 Å². The summed E-state index contributed by atoms with van der Waals surface area (Å²) in [5.74, 6) is -0.519. The molecule has 5 nitrogen and oxygen atoms in total. The summed E-state index contributed by atoms with van der Waals surface area (Å²) in [4.78, 5) is 24.7. The van der Waals surface area contributed by atoms with Crippen LogP contribution >= 0.6 is 11.6 Å². The Balaban J connectivity index is 2.03. The van der Waals surface area contributed by atoms with Crippen LogP contribution in [0.5, 0.6) is 5.75 Å². The van der Waals surface area contributed by atoms with E-state index in [2.05, 4.69) is 0 Å². The second kappa shape index (κ2) is 10.5. The van der Waals surface area contributed by atoms with Gasteiger partial charge in [0.2, 0.25) is 0 Å². The van der Waals surface area contributed by atoms with E-state index < -0.39 is 29.6 Å². The zero-order chi connectivity index (χ0) is 22.5. The maximum atomic E-state index is 12.6. The van der Waals surface area contributed by atoms with Crippen LogP contribution in [0.2, 0.25) is 5.02 Å². The molecule has 1 aromatic rings. The molecule has 1 saturated carbocycles. The highest BCUT2D eigenvalue weighted by atomic mass is 35.5. The minimum Gasteiger partial charge on any atom is -0.485 e. The van der Waals surface area contributed by atoms with E-state index in [1.54, 1.807) is 27.7 Å². The normalized spacial score (nSPS) is 17.8. The van der Waals surface area contributed by atoms with E-state index in [1.807, 2.05) is 32.0 Å². The summed E-state index contributed by atoms with van der Waals surface area (Å²) in [6.07, 6.45) is 3.59. The maximum absolute atomic E-state index is 12.6. The lowest BCUT2D eigenvalue weighted by Crippen LogP contribution is -2.40. The number of halogens is 1. The topological polar surface area (TPSA) is 61.8 Å². The second-order valence-corrected chi connectivity index (χ2v) is 9.80. The van der Waals surface area contributed by atoms with Gasteiger partial charge in [0.25, 0.3) is 0 Å². The predicted octanol–water partition coefficient (Wildman–Crippen LogP) is 5.89. The molecule has 0 unspecified atom stereocenters. The van der Waals surface area contributed by atoms with E-state index in [1.165, 1.54) is 0 Å². The summed E-state index contributed by atoms with van der Waals surface area (Å²) < 4.78 is 17.3. The molecule has 0 N–H and O–H groups in total. The summed E-state index contributed by atoms with van der Waals surface area (Å²) in [6.45, 7) is 10.9. The lowest BCUT2D eigenvalue weighted by Gasteiger charge is -2.31. The zero-order valence-corrected chi connectivity index (χ0v) is 19.8. The van der Waals surface area contributed by atoms with Gasteiger partial charge in [-0.25, -0.2) is 0 Å². The van der Waals surface area contributed by atoms with Gasteiger partial charge in [-0.05, 0) is 71.1 Å². The first-order valence-corrected chi connectivity index (χ1v) is 11.2. The van der Waals surface area contributed by atoms with Crippen LogP contribution < -0.4 is 4.74 Å². The van der Waals surface area contributed by atoms with Crippen molar-refractivity contribution < 1.29 is 23.8 Å². The highest BCUT2D eigenvalue weighted by molar-refractivity contribution is 6.32. The van der Waals surface area contributed by atoms with Crippen LogP contribution in [0.15, 0.2) is 18.2 Å². The fourth-order valence-electron chi connectivity index (χ4n) is 3.79. The Bertz CT molecular complexity index is 734. The van der Waals surface area contributed by atoms with Crippen molar-refractivity contribution in [1.29, 1.82) is 0 Å². The Labute approximate surface area is 185 Å². The van der Waals surface area contributed by atoms with Gasteiger partial charge in [-0.2, -0.15) is 0 Å². The Morgan fingerprint density at radius 2 is 1.80 bits per heavy atom. The number of ether oxygens (including phenoxy) is 3. The Morgan fingerprint density at radius 3 is 2.37 bits per heavy atom. The molecule has 6 heteroatoms. The Kier molecular flexibility index (Phi) is 8.60. The molecule has 0 saturated heterocycles. The lowest BCUT2D eigenvalue weighted by molar-refractivity contribution is -0.166. The van der Waals surface area contributed by atoms with Crippen LogP contribution in [0.25, 0.3) is 0 Å². The van der Waals surface area contributed by atoms with Gasteiger partial charge in [-0.15, -0.1) is 0 Å². The zero-order valence-electron chi connectivity index (χ0n) is 19.0. The van der Waals surface area contributed by atoms with Crippen LogP contribution in [-0.2, 0) is 19.1 Å². The third-order valence-corrected chi connectivity index (χ3v) is 5.57. The monoisotopic (exact) mass is 438 g/mol. The summed E-state index contributed by atoms with van der Waals surface area (Å²) in [5, 5.41) is 0.551. The molecule has 2 rings (SSSR count). The predicted molar refractivity (Wildman–Crippen MR) is 118 cm³/mol. The van der Waals surface area contributed by atoms with Gasteiger partial charge in [0.05, 0.1) is 17.4 Å². The van der Waals surface area contributed by atoms with Crippen molar-refractivity contribution in [3.8, 4) is 5.75 Å². The van der Waals surface area contributed by atoms with Gasteiger partial charge >= 0.3 is 11.9 Å². The van der Waals surface area contributed by atoms with E-state index in [-0.39, 0.29) is 12.5 Å². The molecular formula is C24H35ClO5. The molecule has 0 aromatic heterocycles. The quantitative estimate of drug-likeness (QED) is 0.474. The van der Waals surface area contributed by atoms with Crippen molar-refractivity contribution in [2.75, 3.05) is 0 Å². The molecule has 0 aliphatic heterocycles. The molecule has 1 aromatic carbocycles. The van der Waals surface area contributed by atoms with Crippen molar-refractivity contribution in [3.05, 3.63) is 28.8 Å². The van der Waals surface area contributed by atoms with Crippen LogP contribution in [-0.4, -0.2) is 29.7 Å². The molecular weight excluding hydrogens is 404 g/mol. The average Bonchev–Trinajstić information content (AvgIpc) is 3.13. The first-order chi connectivity index (χ1) is 14.0. The first kappa shape index (κ1) is 24.5. The van der Waals surface area contributed by atoms with Crippen LogP contribution in [0.3, 0.4) is 0 Å². The number of aryl methyl sites for hydroxylation is 1. The number of rotatable bonds is 8. The van der Waals surface area contributed by atoms with E-state index in [0.717, 1.165) is 31.2 Å². The molecule has 0 spiro atoms. The maximum Gasteiger partial charge on any atom is 0.309 e. The van der Waals surface area contributed by atoms with Gasteiger partial charge in [0.15, 0.2) is 0 Å². The fourth-order valence-corrected chi connectivity index (χ4v) is 4.07. The Hall–Kier alpha value is -1.75. The van der Waals surface area contributed by atoms with Crippen molar-refractivity contribution >= 4 is 23.5 Å². The lowest BCUT2D eigenvalue weighted by atomic mass is 9.96. The highest BCUT2D eigenvalue weighted by Gasteiger charge is 2.35. The van der Waals surface area contributed by atoms with Crippen molar-refractivity contribution in [3.63, 3.8) is 0 Å². The molecule has 3 atom stereocenters. The molecule has 0 radical (unpaired) electrons. The number of hydrogen-bond acceptors (Lipinski definition) is 5. The first-order valence-electron chi connectivity index (χ1n) is 10.8. The highest BCUT2D eigenvalue weighted by Crippen LogP contribution is 2.35. The number of esters is 2. The smallest absolute Gasteiger partial charge is 0.309 e. The fraction of sp³-hybridized carbons (Fsp3) is 0.667. The Morgan fingerprint density at radius 1 is 1.17 bits per heavy atom. The van der Waals surface area contributed by atoms with Crippen LogP contribution in [0.1, 0.15) is 72.3 Å². The van der Waals surface area contributed by atoms with Crippen molar-refractivity contribution in [2.24, 2.45) is 11.8 Å². The van der Waals surface area contributed by atoms with Gasteiger partial charge in [0, 0.05) is 0 Å². The van der Waals surface area contributed by atoms with E-state index >= 15 is 0 Å². The van der Waals surface area contributed by atoms with Gasteiger partial charge in [0.1, 0.15) is 23.6 Å². The minimum absolute atomic E-state index is 0.0123. The number of carbonyl (C=O) groups is 2. The van der Waals surface area contributed by atoms with Gasteiger partial charge in [-0.3, -0.25) is 9.59 Å². The van der Waals surface area contributed by atoms with E-state index in [9.17, 15) is 9.59 Å². The summed E-state index contributed by atoms with van der Waals surface area (Å²) in [5.41, 5.74) is 0.475. The van der Waals surface area contributed by atoms with Crippen LogP contribution in [0, 0.1) is 18.8 Å². The SMILES string of the molecule is Cc1ccc(O[C@H](C2CCCC2)[C@H](C)OC(=O)[C@H](C)CC(=O)OC(C)(C)C)c(Cl)c1. The largest absolute Gasteiger partial charge is 0.485 e. The molecule has 0 heterocycles. The summed E-state index contributed by atoms with van der Waals surface area (Å²) in [7, 11) is 0. The number of benzene rings is 1. The van der Waals surface area contributed by atoms with Crippen LogP contribution in [0.4, 0.5) is 0 Å². The molecule has 168 valence electrons. The molecule has 0 bridgehead atoms. The number of hydrogen-bond donors (Lipinski definition) is 0.